The average molecular weight is 111 g/mol. The molecule has 2 N–H and O–H groups in total. The van der Waals surface area contributed by atoms with Crippen LogP contribution in [0.25, 0.3) is 0 Å². The molecule has 0 saturated heterocycles. The summed E-state index contributed by atoms with van der Waals surface area (Å²) in [6.07, 6.45) is 7.39. The van der Waals surface area contributed by atoms with Gasteiger partial charge in [-0.05, 0) is 32.2 Å². The molecule has 0 aromatic rings. The van der Waals surface area contributed by atoms with Gasteiger partial charge in [-0.1, -0.05) is 11.6 Å². The summed E-state index contributed by atoms with van der Waals surface area (Å²) in [7, 11) is 0. The van der Waals surface area contributed by atoms with Crippen LogP contribution >= 0.6 is 0 Å². The van der Waals surface area contributed by atoms with Crippen LogP contribution in [0.4, 0.5) is 0 Å². The third-order valence-electron chi connectivity index (χ3n) is 1.38. The predicted octanol–water partition coefficient (Wildman–Crippen LogP) is 1.45. The molecule has 8 heavy (non-hydrogen) atoms. The summed E-state index contributed by atoms with van der Waals surface area (Å²) in [5, 5.41) is 0. The van der Waals surface area contributed by atoms with Crippen molar-refractivity contribution in [3.05, 3.63) is 11.6 Å². The molecule has 0 aromatic heterocycles. The van der Waals surface area contributed by atoms with Gasteiger partial charge in [0.05, 0.1) is 0 Å². The largest absolute Gasteiger partial charge is 0.330 e. The minimum atomic E-state index is 0.837. The van der Waals surface area contributed by atoms with Gasteiger partial charge in [-0.25, -0.2) is 0 Å². The fourth-order valence-electron chi connectivity index (χ4n) is 0.700. The second kappa shape index (κ2) is 2.88. The zero-order valence-corrected chi connectivity index (χ0v) is 5.19. The molecule has 1 rings (SSSR count). The van der Waals surface area contributed by atoms with Gasteiger partial charge in [0, 0.05) is 0 Å². The van der Waals surface area contributed by atoms with E-state index in [2.05, 4.69) is 6.08 Å². The summed E-state index contributed by atoms with van der Waals surface area (Å²) in [5.41, 5.74) is 6.94. The molecular formula is C7H13N. The molecule has 0 unspecified atom stereocenters. The van der Waals surface area contributed by atoms with Gasteiger partial charge in [0.2, 0.25) is 0 Å². The smallest absolute Gasteiger partial charge is 0.00743 e. The first-order chi connectivity index (χ1) is 3.93. The van der Waals surface area contributed by atoms with Crippen molar-refractivity contribution < 1.29 is 0 Å². The van der Waals surface area contributed by atoms with Crippen LogP contribution in [0.3, 0.4) is 0 Å². The topological polar surface area (TPSA) is 26.0 Å². The zero-order chi connectivity index (χ0) is 5.82. The van der Waals surface area contributed by atoms with Gasteiger partial charge < -0.3 is 5.73 Å². The predicted molar refractivity (Wildman–Crippen MR) is 35.6 cm³/mol. The first kappa shape index (κ1) is 5.83. The van der Waals surface area contributed by atoms with Crippen LogP contribution in [0.1, 0.15) is 25.7 Å². The Morgan fingerprint density at radius 1 is 1.50 bits per heavy atom. The summed E-state index contributed by atoms with van der Waals surface area (Å²) in [6.45, 7) is 0.837. The minimum Gasteiger partial charge on any atom is -0.330 e. The van der Waals surface area contributed by atoms with Crippen molar-refractivity contribution in [2.75, 3.05) is 6.54 Å². The number of nitrogens with two attached hydrogens (primary N) is 1. The molecule has 0 spiro atoms. The maximum atomic E-state index is 5.31. The van der Waals surface area contributed by atoms with Gasteiger partial charge in [-0.15, -0.1) is 0 Å². The monoisotopic (exact) mass is 111 g/mol. The highest BCUT2D eigenvalue weighted by molar-refractivity contribution is 5.15. The van der Waals surface area contributed by atoms with Gasteiger partial charge in [0.15, 0.2) is 0 Å². The summed E-state index contributed by atoms with van der Waals surface area (Å²) in [4.78, 5) is 0. The first-order valence-corrected chi connectivity index (χ1v) is 3.31. The van der Waals surface area contributed by atoms with E-state index in [-0.39, 0.29) is 0 Å². The van der Waals surface area contributed by atoms with E-state index >= 15 is 0 Å². The van der Waals surface area contributed by atoms with Crippen molar-refractivity contribution in [3.8, 4) is 0 Å². The summed E-state index contributed by atoms with van der Waals surface area (Å²) < 4.78 is 0. The maximum Gasteiger partial charge on any atom is -0.00743 e. The molecule has 1 fully saturated rings. The lowest BCUT2D eigenvalue weighted by Crippen LogP contribution is -1.96. The third-order valence-corrected chi connectivity index (χ3v) is 1.38. The van der Waals surface area contributed by atoms with Crippen molar-refractivity contribution in [2.24, 2.45) is 5.73 Å². The molecule has 46 valence electrons. The highest BCUT2D eigenvalue weighted by atomic mass is 14.5. The Morgan fingerprint density at radius 2 is 2.25 bits per heavy atom. The molecule has 1 aliphatic carbocycles. The molecule has 0 amide bonds. The van der Waals surface area contributed by atoms with Crippen molar-refractivity contribution in [3.63, 3.8) is 0 Å². The normalized spacial score (nSPS) is 16.4. The van der Waals surface area contributed by atoms with Crippen LogP contribution in [-0.2, 0) is 0 Å². The SMILES string of the molecule is NCCCC=C1CC1. The number of hydrogen-bond acceptors (Lipinski definition) is 1. The molecule has 0 radical (unpaired) electrons. The highest BCUT2D eigenvalue weighted by Crippen LogP contribution is 2.27. The third kappa shape index (κ3) is 2.12. The van der Waals surface area contributed by atoms with Crippen LogP contribution in [0.5, 0.6) is 0 Å². The van der Waals surface area contributed by atoms with Crippen LogP contribution in [0.15, 0.2) is 11.6 Å². The number of hydrogen-bond donors (Lipinski definition) is 1. The lowest BCUT2D eigenvalue weighted by atomic mass is 10.3. The lowest BCUT2D eigenvalue weighted by molar-refractivity contribution is 0.853. The van der Waals surface area contributed by atoms with E-state index in [4.69, 9.17) is 5.73 Å². The zero-order valence-electron chi connectivity index (χ0n) is 5.19. The van der Waals surface area contributed by atoms with E-state index < -0.39 is 0 Å². The molecular weight excluding hydrogens is 98.1 g/mol. The number of rotatable bonds is 3. The van der Waals surface area contributed by atoms with E-state index in [1.807, 2.05) is 0 Å². The van der Waals surface area contributed by atoms with Crippen molar-refractivity contribution in [1.82, 2.24) is 0 Å². The summed E-state index contributed by atoms with van der Waals surface area (Å²) in [6, 6.07) is 0. The molecule has 0 aliphatic heterocycles. The molecule has 0 aromatic carbocycles. The first-order valence-electron chi connectivity index (χ1n) is 3.31. The maximum absolute atomic E-state index is 5.31. The molecule has 0 atom stereocenters. The molecule has 1 nitrogen and oxygen atoms in total. The molecule has 1 heteroatoms. The fraction of sp³-hybridized carbons (Fsp3) is 0.714. The summed E-state index contributed by atoms with van der Waals surface area (Å²) >= 11 is 0. The van der Waals surface area contributed by atoms with Crippen LogP contribution in [0, 0.1) is 0 Å². The van der Waals surface area contributed by atoms with Gasteiger partial charge in [0.1, 0.15) is 0 Å². The Balaban J connectivity index is 1.95. The van der Waals surface area contributed by atoms with E-state index in [1.54, 1.807) is 5.57 Å². The summed E-state index contributed by atoms with van der Waals surface area (Å²) in [5.74, 6) is 0. The van der Waals surface area contributed by atoms with E-state index in [0.717, 1.165) is 13.0 Å². The number of allylic oxidation sites excluding steroid dienone is 2. The molecule has 1 aliphatic rings. The quantitative estimate of drug-likeness (QED) is 0.433. The molecule has 0 heterocycles. The van der Waals surface area contributed by atoms with E-state index in [0.29, 0.717) is 0 Å². The molecule has 1 saturated carbocycles. The standard InChI is InChI=1S/C7H13N/c8-6-2-1-3-7-4-5-7/h3H,1-2,4-6,8H2. The highest BCUT2D eigenvalue weighted by Gasteiger charge is 2.08. The van der Waals surface area contributed by atoms with Gasteiger partial charge in [0.25, 0.3) is 0 Å². The Kier molecular flexibility index (Phi) is 2.10. The van der Waals surface area contributed by atoms with Gasteiger partial charge in [-0.2, -0.15) is 0 Å². The Morgan fingerprint density at radius 3 is 2.75 bits per heavy atom. The van der Waals surface area contributed by atoms with E-state index in [1.165, 1.54) is 19.3 Å². The Hall–Kier alpha value is -0.300. The van der Waals surface area contributed by atoms with Crippen LogP contribution < -0.4 is 5.73 Å². The van der Waals surface area contributed by atoms with E-state index in [9.17, 15) is 0 Å². The Bertz CT molecular complexity index is 88.6. The fourth-order valence-corrected chi connectivity index (χ4v) is 0.700. The van der Waals surface area contributed by atoms with Crippen molar-refractivity contribution >= 4 is 0 Å². The van der Waals surface area contributed by atoms with Crippen molar-refractivity contribution in [1.29, 1.82) is 0 Å². The van der Waals surface area contributed by atoms with Crippen LogP contribution in [-0.4, -0.2) is 6.54 Å². The van der Waals surface area contributed by atoms with Crippen LogP contribution in [0.2, 0.25) is 0 Å². The second-order valence-electron chi connectivity index (χ2n) is 2.29. The molecule has 0 bridgehead atoms. The van der Waals surface area contributed by atoms with Gasteiger partial charge >= 0.3 is 0 Å². The minimum absolute atomic E-state index is 0.837. The average Bonchev–Trinajstić information content (AvgIpc) is 2.51. The Labute approximate surface area is 50.6 Å². The van der Waals surface area contributed by atoms with Crippen molar-refractivity contribution in [2.45, 2.75) is 25.7 Å². The van der Waals surface area contributed by atoms with Gasteiger partial charge in [-0.3, -0.25) is 0 Å². The second-order valence-corrected chi connectivity index (χ2v) is 2.29. The number of unbranched alkanes of at least 4 members (excludes halogenated alkanes) is 1. The lowest BCUT2D eigenvalue weighted by Gasteiger charge is -1.85.